The number of hydrogen-bond donors (Lipinski definition) is 3. The first-order valence-corrected chi connectivity index (χ1v) is 12.3. The molecule has 1 atom stereocenters. The maximum Gasteiger partial charge on any atom is 0.314 e. The van der Waals surface area contributed by atoms with Gasteiger partial charge in [-0.3, -0.25) is 14.4 Å². The van der Waals surface area contributed by atoms with Gasteiger partial charge in [0.1, 0.15) is 5.82 Å². The first-order valence-electron chi connectivity index (χ1n) is 11.1. The molecule has 0 saturated carbocycles. The fourth-order valence-corrected chi connectivity index (χ4v) is 4.86. The van der Waals surface area contributed by atoms with Gasteiger partial charge in [0.25, 0.3) is 5.91 Å². The van der Waals surface area contributed by atoms with Crippen LogP contribution < -0.4 is 16.0 Å². The third-order valence-electron chi connectivity index (χ3n) is 5.46. The quantitative estimate of drug-likeness (QED) is 0.418. The van der Waals surface area contributed by atoms with Crippen molar-refractivity contribution < 1.29 is 14.4 Å². The van der Waals surface area contributed by atoms with Crippen LogP contribution in [0.1, 0.15) is 25.9 Å². The molecule has 1 aliphatic rings. The van der Waals surface area contributed by atoms with Crippen LogP contribution in [0.5, 0.6) is 0 Å². The number of carbonyl (C=O) groups excluding carboxylic acids is 3. The van der Waals surface area contributed by atoms with Crippen molar-refractivity contribution in [1.29, 1.82) is 0 Å². The minimum Gasteiger partial charge on any atom is -0.346 e. The Hall–Kier alpha value is -3.34. The van der Waals surface area contributed by atoms with E-state index in [1.807, 2.05) is 37.4 Å². The fourth-order valence-electron chi connectivity index (χ4n) is 3.66. The molecule has 0 radical (unpaired) electrons. The standard InChI is InChI=1S/C24H25ClN6O3S/c1-31-10-9-18-19(14-31)35-24(29-18)23(34)28-17(11-15-5-3-2-4-6-15)13-27-21(32)22(33)30-20-8-7-16(25)12-26-20/h2-8,12,17H,9-11,13-14H2,1H3,(H,27,32)(H,28,34)(H,26,30,33). The van der Waals surface area contributed by atoms with Crippen LogP contribution in [0.4, 0.5) is 5.82 Å². The second-order valence-corrected chi connectivity index (χ2v) is 9.78. The molecule has 0 bridgehead atoms. The van der Waals surface area contributed by atoms with Crippen LogP contribution in [-0.2, 0) is 29.0 Å². The first kappa shape index (κ1) is 24.8. The zero-order chi connectivity index (χ0) is 24.8. The van der Waals surface area contributed by atoms with Crippen molar-refractivity contribution in [2.75, 3.05) is 25.5 Å². The largest absolute Gasteiger partial charge is 0.346 e. The van der Waals surface area contributed by atoms with Gasteiger partial charge in [0, 0.05) is 37.1 Å². The number of thiazole rings is 1. The van der Waals surface area contributed by atoms with Crippen molar-refractivity contribution in [2.24, 2.45) is 0 Å². The Kier molecular flexibility index (Phi) is 8.06. The van der Waals surface area contributed by atoms with Gasteiger partial charge in [0.15, 0.2) is 5.01 Å². The number of nitrogens with one attached hydrogen (secondary N) is 3. The second-order valence-electron chi connectivity index (χ2n) is 8.26. The molecule has 3 heterocycles. The minimum absolute atomic E-state index is 0.0642. The summed E-state index contributed by atoms with van der Waals surface area (Å²) in [6, 6.07) is 12.2. The number of amides is 3. The maximum atomic E-state index is 13.0. The summed E-state index contributed by atoms with van der Waals surface area (Å²) < 4.78 is 0. The Morgan fingerprint density at radius 3 is 2.69 bits per heavy atom. The van der Waals surface area contributed by atoms with Gasteiger partial charge in [-0.25, -0.2) is 9.97 Å². The molecule has 0 saturated heterocycles. The van der Waals surface area contributed by atoms with Gasteiger partial charge in [-0.2, -0.15) is 0 Å². The van der Waals surface area contributed by atoms with E-state index in [0.29, 0.717) is 16.5 Å². The number of nitrogens with zero attached hydrogens (tertiary/aromatic N) is 3. The lowest BCUT2D eigenvalue weighted by molar-refractivity contribution is -0.136. The van der Waals surface area contributed by atoms with Crippen molar-refractivity contribution >= 4 is 46.5 Å². The summed E-state index contributed by atoms with van der Waals surface area (Å²) in [7, 11) is 2.04. The molecule has 182 valence electrons. The molecule has 0 aliphatic carbocycles. The average Bonchev–Trinajstić information content (AvgIpc) is 3.28. The van der Waals surface area contributed by atoms with Crippen molar-refractivity contribution in [2.45, 2.75) is 25.4 Å². The van der Waals surface area contributed by atoms with E-state index in [9.17, 15) is 14.4 Å². The van der Waals surface area contributed by atoms with Crippen molar-refractivity contribution in [3.05, 3.63) is 74.8 Å². The average molecular weight is 513 g/mol. The van der Waals surface area contributed by atoms with Crippen molar-refractivity contribution in [3.63, 3.8) is 0 Å². The molecule has 2 aromatic heterocycles. The third-order valence-corrected chi connectivity index (χ3v) is 6.77. The van der Waals surface area contributed by atoms with E-state index in [0.717, 1.165) is 35.6 Å². The van der Waals surface area contributed by atoms with Gasteiger partial charge in [0.2, 0.25) is 0 Å². The molecule has 11 heteroatoms. The molecule has 0 spiro atoms. The summed E-state index contributed by atoms with van der Waals surface area (Å²) in [5.41, 5.74) is 1.96. The highest BCUT2D eigenvalue weighted by atomic mass is 35.5. The van der Waals surface area contributed by atoms with E-state index in [4.69, 9.17) is 11.6 Å². The van der Waals surface area contributed by atoms with Crippen LogP contribution in [0.25, 0.3) is 0 Å². The Balaban J connectivity index is 1.39. The molecule has 3 amide bonds. The second kappa shape index (κ2) is 11.4. The number of aromatic nitrogens is 2. The Morgan fingerprint density at radius 2 is 1.94 bits per heavy atom. The Bertz CT molecular complexity index is 1200. The molecule has 4 rings (SSSR count). The number of likely N-dealkylation sites (N-methyl/N-ethyl adjacent to an activating group) is 1. The molecule has 35 heavy (non-hydrogen) atoms. The van der Waals surface area contributed by atoms with Gasteiger partial charge in [-0.1, -0.05) is 41.9 Å². The van der Waals surface area contributed by atoms with E-state index >= 15 is 0 Å². The minimum atomic E-state index is -0.860. The highest BCUT2D eigenvalue weighted by Crippen LogP contribution is 2.24. The molecule has 1 aromatic carbocycles. The Labute approximate surface area is 211 Å². The lowest BCUT2D eigenvalue weighted by Crippen LogP contribution is -2.47. The van der Waals surface area contributed by atoms with Crippen molar-refractivity contribution in [1.82, 2.24) is 25.5 Å². The number of rotatable bonds is 7. The summed E-state index contributed by atoms with van der Waals surface area (Å²) in [6.45, 7) is 1.75. The summed E-state index contributed by atoms with van der Waals surface area (Å²) in [6.07, 6.45) is 2.66. The van der Waals surface area contributed by atoms with E-state index in [1.165, 1.54) is 23.6 Å². The van der Waals surface area contributed by atoms with Gasteiger partial charge >= 0.3 is 11.8 Å². The highest BCUT2D eigenvalue weighted by Gasteiger charge is 2.24. The summed E-state index contributed by atoms with van der Waals surface area (Å²) >= 11 is 7.18. The molecule has 3 N–H and O–H groups in total. The molecule has 1 aliphatic heterocycles. The van der Waals surface area contributed by atoms with Gasteiger partial charge < -0.3 is 20.9 Å². The highest BCUT2D eigenvalue weighted by molar-refractivity contribution is 7.13. The SMILES string of the molecule is CN1CCc2nc(C(=O)NC(CNC(=O)C(=O)Nc3ccc(Cl)cn3)Cc3ccccc3)sc2C1. The van der Waals surface area contributed by atoms with Crippen LogP contribution in [0.3, 0.4) is 0 Å². The normalized spacial score (nSPS) is 14.0. The van der Waals surface area contributed by atoms with Crippen LogP contribution >= 0.6 is 22.9 Å². The first-order chi connectivity index (χ1) is 16.9. The van der Waals surface area contributed by atoms with E-state index in [1.54, 1.807) is 6.07 Å². The number of anilines is 1. The summed E-state index contributed by atoms with van der Waals surface area (Å²) in [4.78, 5) is 49.4. The Morgan fingerprint density at radius 1 is 1.14 bits per heavy atom. The molecule has 9 nitrogen and oxygen atoms in total. The van der Waals surface area contributed by atoms with E-state index < -0.39 is 17.9 Å². The molecule has 1 unspecified atom stereocenters. The van der Waals surface area contributed by atoms with Crippen LogP contribution in [0, 0.1) is 0 Å². The van der Waals surface area contributed by atoms with Crippen LogP contribution in [-0.4, -0.2) is 58.8 Å². The van der Waals surface area contributed by atoms with E-state index in [-0.39, 0.29) is 18.3 Å². The van der Waals surface area contributed by atoms with Crippen LogP contribution in [0.2, 0.25) is 5.02 Å². The molecule has 3 aromatic rings. The number of hydrogen-bond acceptors (Lipinski definition) is 7. The molecule has 0 fully saturated rings. The predicted molar refractivity (Wildman–Crippen MR) is 134 cm³/mol. The zero-order valence-corrected chi connectivity index (χ0v) is 20.7. The summed E-state index contributed by atoms with van der Waals surface area (Å²) in [5, 5.41) is 8.82. The smallest absolute Gasteiger partial charge is 0.314 e. The summed E-state index contributed by atoms with van der Waals surface area (Å²) in [5.74, 6) is -1.78. The van der Waals surface area contributed by atoms with E-state index in [2.05, 4.69) is 30.8 Å². The monoisotopic (exact) mass is 512 g/mol. The lowest BCUT2D eigenvalue weighted by atomic mass is 10.1. The topological polar surface area (TPSA) is 116 Å². The number of fused-ring (bicyclic) bond motifs is 1. The molecular formula is C24H25ClN6O3S. The zero-order valence-electron chi connectivity index (χ0n) is 19.1. The van der Waals surface area contributed by atoms with Crippen LogP contribution in [0.15, 0.2) is 48.7 Å². The van der Waals surface area contributed by atoms with Gasteiger partial charge in [-0.05, 0) is 31.2 Å². The van der Waals surface area contributed by atoms with Gasteiger partial charge in [-0.15, -0.1) is 11.3 Å². The van der Waals surface area contributed by atoms with Gasteiger partial charge in [0.05, 0.1) is 16.8 Å². The number of pyridine rings is 1. The number of halogens is 1. The molecular weight excluding hydrogens is 488 g/mol. The third kappa shape index (κ3) is 6.84. The predicted octanol–water partition coefficient (Wildman–Crippen LogP) is 2.28. The lowest BCUT2D eigenvalue weighted by Gasteiger charge is -2.20. The maximum absolute atomic E-state index is 13.0. The van der Waals surface area contributed by atoms with Crippen molar-refractivity contribution in [3.8, 4) is 0 Å². The fraction of sp³-hybridized carbons (Fsp3) is 0.292. The number of benzene rings is 1. The number of carbonyl (C=O) groups is 3.